The molecule has 0 aromatic heterocycles. The fraction of sp³-hybridized carbons (Fsp3) is 0.600. The first kappa shape index (κ1) is 15.1. The lowest BCUT2D eigenvalue weighted by Crippen LogP contribution is -2.19. The molecule has 0 saturated carbocycles. The highest BCUT2D eigenvalue weighted by molar-refractivity contribution is 5.16. The fourth-order valence-corrected chi connectivity index (χ4v) is 1.87. The molecule has 2 N–H and O–H groups in total. The Labute approximate surface area is 109 Å². The lowest BCUT2D eigenvalue weighted by atomic mass is 9.96. The number of benzene rings is 1. The third-order valence-corrected chi connectivity index (χ3v) is 2.87. The first-order chi connectivity index (χ1) is 8.61. The molecule has 0 radical (unpaired) electrons. The monoisotopic (exact) mass is 253 g/mol. The van der Waals surface area contributed by atoms with Gasteiger partial charge in [0.05, 0.1) is 0 Å². The molecule has 1 aromatic carbocycles. The van der Waals surface area contributed by atoms with Gasteiger partial charge in [-0.2, -0.15) is 0 Å². The zero-order valence-corrected chi connectivity index (χ0v) is 11.4. The fourth-order valence-electron chi connectivity index (χ4n) is 1.87. The van der Waals surface area contributed by atoms with Crippen molar-refractivity contribution in [1.29, 1.82) is 0 Å². The minimum atomic E-state index is -0.181. The molecule has 1 unspecified atom stereocenters. The Morgan fingerprint density at radius 1 is 1.33 bits per heavy atom. The van der Waals surface area contributed by atoms with Crippen LogP contribution < -0.4 is 5.73 Å². The van der Waals surface area contributed by atoms with Gasteiger partial charge in [0, 0.05) is 13.2 Å². The summed E-state index contributed by atoms with van der Waals surface area (Å²) in [6, 6.07) is 6.73. The Hall–Kier alpha value is -0.930. The quantitative estimate of drug-likeness (QED) is 0.723. The molecule has 0 amide bonds. The molecule has 0 fully saturated rings. The first-order valence-corrected chi connectivity index (χ1v) is 6.64. The standard InChI is InChI=1S/C15H24FNO/c1-12(2)11-18-7-6-14(10-17)8-13-4-3-5-15(16)9-13/h3-5,9,12,14H,6-8,10-11,17H2,1-2H3. The molecule has 0 bridgehead atoms. The van der Waals surface area contributed by atoms with Crippen molar-refractivity contribution in [2.75, 3.05) is 19.8 Å². The smallest absolute Gasteiger partial charge is 0.123 e. The van der Waals surface area contributed by atoms with Crippen LogP contribution in [-0.2, 0) is 11.2 Å². The van der Waals surface area contributed by atoms with E-state index in [2.05, 4.69) is 13.8 Å². The zero-order valence-electron chi connectivity index (χ0n) is 11.4. The number of halogens is 1. The predicted octanol–water partition coefficient (Wildman–Crippen LogP) is 3.01. The molecule has 0 saturated heterocycles. The summed E-state index contributed by atoms with van der Waals surface area (Å²) in [5, 5.41) is 0. The second kappa shape index (κ2) is 8.22. The van der Waals surface area contributed by atoms with Gasteiger partial charge in [-0.25, -0.2) is 4.39 Å². The van der Waals surface area contributed by atoms with E-state index >= 15 is 0 Å². The topological polar surface area (TPSA) is 35.2 Å². The van der Waals surface area contributed by atoms with Crippen LogP contribution in [0.25, 0.3) is 0 Å². The number of ether oxygens (including phenoxy) is 1. The van der Waals surface area contributed by atoms with E-state index in [9.17, 15) is 4.39 Å². The van der Waals surface area contributed by atoms with Crippen LogP contribution in [0.5, 0.6) is 0 Å². The van der Waals surface area contributed by atoms with Crippen molar-refractivity contribution in [1.82, 2.24) is 0 Å². The molecular formula is C15H24FNO. The number of hydrogen-bond donors (Lipinski definition) is 1. The number of hydrogen-bond acceptors (Lipinski definition) is 2. The summed E-state index contributed by atoms with van der Waals surface area (Å²) < 4.78 is 18.6. The minimum absolute atomic E-state index is 0.181. The van der Waals surface area contributed by atoms with Gasteiger partial charge in [-0.1, -0.05) is 26.0 Å². The average molecular weight is 253 g/mol. The van der Waals surface area contributed by atoms with Crippen molar-refractivity contribution in [2.45, 2.75) is 26.7 Å². The number of nitrogens with two attached hydrogens (primary N) is 1. The Morgan fingerprint density at radius 2 is 2.11 bits per heavy atom. The van der Waals surface area contributed by atoms with E-state index in [1.54, 1.807) is 12.1 Å². The van der Waals surface area contributed by atoms with Gasteiger partial charge in [0.2, 0.25) is 0 Å². The Bertz CT molecular complexity index is 341. The highest BCUT2D eigenvalue weighted by Crippen LogP contribution is 2.13. The molecule has 2 nitrogen and oxygen atoms in total. The summed E-state index contributed by atoms with van der Waals surface area (Å²) in [4.78, 5) is 0. The van der Waals surface area contributed by atoms with Crippen molar-refractivity contribution < 1.29 is 9.13 Å². The van der Waals surface area contributed by atoms with Crippen LogP contribution in [0, 0.1) is 17.7 Å². The van der Waals surface area contributed by atoms with E-state index in [1.807, 2.05) is 6.07 Å². The summed E-state index contributed by atoms with van der Waals surface area (Å²) in [6.07, 6.45) is 1.75. The van der Waals surface area contributed by atoms with Crippen LogP contribution in [0.3, 0.4) is 0 Å². The van der Waals surface area contributed by atoms with Crippen LogP contribution in [0.1, 0.15) is 25.8 Å². The van der Waals surface area contributed by atoms with Crippen molar-refractivity contribution in [3.8, 4) is 0 Å². The molecule has 1 rings (SSSR count). The van der Waals surface area contributed by atoms with Gasteiger partial charge in [0.15, 0.2) is 0 Å². The van der Waals surface area contributed by atoms with E-state index in [-0.39, 0.29) is 5.82 Å². The highest BCUT2D eigenvalue weighted by atomic mass is 19.1. The summed E-state index contributed by atoms with van der Waals surface area (Å²) in [7, 11) is 0. The lowest BCUT2D eigenvalue weighted by Gasteiger charge is -2.15. The van der Waals surface area contributed by atoms with Crippen LogP contribution in [-0.4, -0.2) is 19.8 Å². The maximum absolute atomic E-state index is 13.1. The minimum Gasteiger partial charge on any atom is -0.381 e. The van der Waals surface area contributed by atoms with E-state index < -0.39 is 0 Å². The van der Waals surface area contributed by atoms with Gasteiger partial charge in [-0.15, -0.1) is 0 Å². The van der Waals surface area contributed by atoms with Crippen LogP contribution >= 0.6 is 0 Å². The van der Waals surface area contributed by atoms with E-state index in [0.29, 0.717) is 18.4 Å². The van der Waals surface area contributed by atoms with E-state index in [1.165, 1.54) is 6.07 Å². The Morgan fingerprint density at radius 3 is 2.72 bits per heavy atom. The summed E-state index contributed by atoms with van der Waals surface area (Å²) in [5.74, 6) is 0.739. The van der Waals surface area contributed by atoms with Gasteiger partial charge < -0.3 is 10.5 Å². The van der Waals surface area contributed by atoms with Gasteiger partial charge in [-0.05, 0) is 48.9 Å². The Kier molecular flexibility index (Phi) is 6.91. The first-order valence-electron chi connectivity index (χ1n) is 6.64. The molecule has 0 aliphatic carbocycles. The molecular weight excluding hydrogens is 229 g/mol. The van der Waals surface area contributed by atoms with Crippen LogP contribution in [0.15, 0.2) is 24.3 Å². The summed E-state index contributed by atoms with van der Waals surface area (Å²) in [5.41, 5.74) is 6.76. The largest absolute Gasteiger partial charge is 0.381 e. The molecule has 1 atom stereocenters. The second-order valence-electron chi connectivity index (χ2n) is 5.19. The van der Waals surface area contributed by atoms with Crippen molar-refractivity contribution in [3.05, 3.63) is 35.6 Å². The molecule has 0 spiro atoms. The van der Waals surface area contributed by atoms with Crippen LogP contribution in [0.2, 0.25) is 0 Å². The summed E-state index contributed by atoms with van der Waals surface area (Å²) in [6.45, 7) is 6.40. The van der Waals surface area contributed by atoms with Crippen LogP contribution in [0.4, 0.5) is 4.39 Å². The molecule has 0 heterocycles. The Balaban J connectivity index is 2.33. The molecule has 1 aromatic rings. The van der Waals surface area contributed by atoms with Crippen molar-refractivity contribution in [3.63, 3.8) is 0 Å². The predicted molar refractivity (Wildman–Crippen MR) is 72.9 cm³/mol. The maximum Gasteiger partial charge on any atom is 0.123 e. The van der Waals surface area contributed by atoms with Gasteiger partial charge in [0.1, 0.15) is 5.82 Å². The molecule has 102 valence electrons. The third kappa shape index (κ3) is 6.12. The molecule has 0 aliphatic heterocycles. The average Bonchev–Trinajstić information content (AvgIpc) is 2.33. The summed E-state index contributed by atoms with van der Waals surface area (Å²) >= 11 is 0. The number of rotatable bonds is 8. The van der Waals surface area contributed by atoms with Gasteiger partial charge >= 0.3 is 0 Å². The molecule has 3 heteroatoms. The van der Waals surface area contributed by atoms with Gasteiger partial charge in [0.25, 0.3) is 0 Å². The molecule has 0 aliphatic rings. The van der Waals surface area contributed by atoms with Crippen molar-refractivity contribution in [2.24, 2.45) is 17.6 Å². The second-order valence-corrected chi connectivity index (χ2v) is 5.19. The zero-order chi connectivity index (χ0) is 13.4. The SMILES string of the molecule is CC(C)COCCC(CN)Cc1cccc(F)c1. The van der Waals surface area contributed by atoms with Crippen molar-refractivity contribution >= 4 is 0 Å². The normalized spacial score (nSPS) is 12.9. The van der Waals surface area contributed by atoms with E-state index in [0.717, 1.165) is 31.6 Å². The third-order valence-electron chi connectivity index (χ3n) is 2.87. The maximum atomic E-state index is 13.1. The highest BCUT2D eigenvalue weighted by Gasteiger charge is 2.08. The van der Waals surface area contributed by atoms with E-state index in [4.69, 9.17) is 10.5 Å². The lowest BCUT2D eigenvalue weighted by molar-refractivity contribution is 0.0984. The van der Waals surface area contributed by atoms with Gasteiger partial charge in [-0.3, -0.25) is 0 Å². The molecule has 18 heavy (non-hydrogen) atoms.